The van der Waals surface area contributed by atoms with Crippen molar-refractivity contribution in [3.8, 4) is 0 Å². The zero-order chi connectivity index (χ0) is 17.9. The standard InChI is InChI=1S/C18H21N3O3S/c1-14-4-2-5-16(12-14)20-18(22)15-7-10-21(11-8-15)25(23,24)17-6-3-9-19-13-17/h2-6,9,12-13,15H,7-8,10-11H2,1H3,(H,20,22). The molecule has 2 aromatic rings. The fraction of sp³-hybridized carbons (Fsp3) is 0.333. The number of carbonyl (C=O) groups is 1. The average Bonchev–Trinajstić information content (AvgIpc) is 2.62. The van der Waals surface area contributed by atoms with Crippen LogP contribution in [-0.2, 0) is 14.8 Å². The Morgan fingerprint density at radius 2 is 1.96 bits per heavy atom. The SMILES string of the molecule is Cc1cccc(NC(=O)C2CCN(S(=O)(=O)c3cccnc3)CC2)c1. The van der Waals surface area contributed by atoms with Gasteiger partial charge in [-0.15, -0.1) is 0 Å². The molecule has 7 heteroatoms. The topological polar surface area (TPSA) is 79.4 Å². The van der Waals surface area contributed by atoms with Crippen LogP contribution in [0.3, 0.4) is 0 Å². The van der Waals surface area contributed by atoms with E-state index in [1.165, 1.54) is 10.5 Å². The first kappa shape index (κ1) is 17.6. The fourth-order valence-corrected chi connectivity index (χ4v) is 4.41. The molecule has 0 atom stereocenters. The van der Waals surface area contributed by atoms with Crippen molar-refractivity contribution in [3.63, 3.8) is 0 Å². The first-order valence-electron chi connectivity index (χ1n) is 8.24. The molecule has 132 valence electrons. The number of pyridine rings is 1. The summed E-state index contributed by atoms with van der Waals surface area (Å²) in [4.78, 5) is 16.5. The maximum absolute atomic E-state index is 12.6. The molecule has 3 rings (SSSR count). The molecule has 0 saturated carbocycles. The van der Waals surface area contributed by atoms with Crippen LogP contribution < -0.4 is 5.32 Å². The first-order chi connectivity index (χ1) is 12.0. The number of nitrogens with one attached hydrogen (secondary N) is 1. The summed E-state index contributed by atoms with van der Waals surface area (Å²) < 4.78 is 26.6. The van der Waals surface area contributed by atoms with Gasteiger partial charge in [0.05, 0.1) is 0 Å². The van der Waals surface area contributed by atoms with E-state index in [-0.39, 0.29) is 16.7 Å². The summed E-state index contributed by atoms with van der Waals surface area (Å²) in [6, 6.07) is 10.8. The van der Waals surface area contributed by atoms with E-state index in [4.69, 9.17) is 0 Å². The molecule has 1 aliphatic rings. The Morgan fingerprint density at radius 3 is 2.60 bits per heavy atom. The van der Waals surface area contributed by atoms with E-state index in [2.05, 4.69) is 10.3 Å². The van der Waals surface area contributed by atoms with Crippen molar-refractivity contribution in [2.75, 3.05) is 18.4 Å². The number of benzene rings is 1. The highest BCUT2D eigenvalue weighted by Crippen LogP contribution is 2.24. The van der Waals surface area contributed by atoms with Crippen molar-refractivity contribution in [1.82, 2.24) is 9.29 Å². The minimum Gasteiger partial charge on any atom is -0.326 e. The fourth-order valence-electron chi connectivity index (χ4n) is 2.97. The van der Waals surface area contributed by atoms with E-state index in [1.807, 2.05) is 31.2 Å². The molecule has 1 saturated heterocycles. The van der Waals surface area contributed by atoms with Crippen LogP contribution in [0.15, 0.2) is 53.7 Å². The summed E-state index contributed by atoms with van der Waals surface area (Å²) in [6.45, 7) is 2.64. The van der Waals surface area contributed by atoms with Gasteiger partial charge in [0, 0.05) is 37.1 Å². The summed E-state index contributed by atoms with van der Waals surface area (Å²) in [5, 5.41) is 2.92. The second-order valence-corrected chi connectivity index (χ2v) is 8.16. The molecule has 1 aliphatic heterocycles. The highest BCUT2D eigenvalue weighted by molar-refractivity contribution is 7.89. The number of hydrogen-bond acceptors (Lipinski definition) is 4. The highest BCUT2D eigenvalue weighted by Gasteiger charge is 2.32. The summed E-state index contributed by atoms with van der Waals surface area (Å²) in [5.74, 6) is -0.232. The summed E-state index contributed by atoms with van der Waals surface area (Å²) in [5.41, 5.74) is 1.85. The molecule has 1 fully saturated rings. The number of sulfonamides is 1. The van der Waals surface area contributed by atoms with Gasteiger partial charge in [-0.05, 0) is 49.6 Å². The molecule has 0 bridgehead atoms. The number of rotatable bonds is 4. The lowest BCUT2D eigenvalue weighted by atomic mass is 9.97. The van der Waals surface area contributed by atoms with Gasteiger partial charge >= 0.3 is 0 Å². The molecule has 25 heavy (non-hydrogen) atoms. The number of carbonyl (C=O) groups excluding carboxylic acids is 1. The minimum absolute atomic E-state index is 0.0518. The molecule has 1 aromatic carbocycles. The number of hydrogen-bond donors (Lipinski definition) is 1. The van der Waals surface area contributed by atoms with E-state index < -0.39 is 10.0 Å². The molecule has 0 aliphatic carbocycles. The van der Waals surface area contributed by atoms with E-state index in [0.29, 0.717) is 25.9 Å². The predicted molar refractivity (Wildman–Crippen MR) is 95.5 cm³/mol. The van der Waals surface area contributed by atoms with Gasteiger partial charge in [-0.25, -0.2) is 8.42 Å². The third-order valence-corrected chi connectivity index (χ3v) is 6.26. The van der Waals surface area contributed by atoms with Crippen LogP contribution >= 0.6 is 0 Å². The Morgan fingerprint density at radius 1 is 1.20 bits per heavy atom. The molecule has 1 N–H and O–H groups in total. The lowest BCUT2D eigenvalue weighted by Crippen LogP contribution is -2.41. The Bertz CT molecular complexity index is 845. The third-order valence-electron chi connectivity index (χ3n) is 4.38. The Labute approximate surface area is 147 Å². The molecule has 6 nitrogen and oxygen atoms in total. The van der Waals surface area contributed by atoms with Crippen molar-refractivity contribution in [3.05, 3.63) is 54.4 Å². The Balaban J connectivity index is 1.61. The van der Waals surface area contributed by atoms with E-state index in [1.54, 1.807) is 18.3 Å². The van der Waals surface area contributed by atoms with Crippen LogP contribution in [0.4, 0.5) is 5.69 Å². The molecule has 0 unspecified atom stereocenters. The second kappa shape index (κ2) is 7.33. The summed E-state index contributed by atoms with van der Waals surface area (Å²) in [7, 11) is -3.54. The van der Waals surface area contributed by atoms with Crippen LogP contribution in [0.1, 0.15) is 18.4 Å². The smallest absolute Gasteiger partial charge is 0.244 e. The monoisotopic (exact) mass is 359 g/mol. The molecular formula is C18H21N3O3S. The van der Waals surface area contributed by atoms with Crippen molar-refractivity contribution in [2.45, 2.75) is 24.7 Å². The maximum Gasteiger partial charge on any atom is 0.244 e. The summed E-state index contributed by atoms with van der Waals surface area (Å²) >= 11 is 0. The average molecular weight is 359 g/mol. The molecule has 2 heterocycles. The van der Waals surface area contributed by atoms with Crippen molar-refractivity contribution in [2.24, 2.45) is 5.92 Å². The number of amides is 1. The van der Waals surface area contributed by atoms with Crippen LogP contribution in [0.25, 0.3) is 0 Å². The molecule has 1 amide bonds. The lowest BCUT2D eigenvalue weighted by molar-refractivity contribution is -0.120. The Kier molecular flexibility index (Phi) is 5.15. The summed E-state index contributed by atoms with van der Waals surface area (Å²) in [6.07, 6.45) is 3.92. The number of aryl methyl sites for hydroxylation is 1. The highest BCUT2D eigenvalue weighted by atomic mass is 32.2. The first-order valence-corrected chi connectivity index (χ1v) is 9.68. The van der Waals surface area contributed by atoms with E-state index in [9.17, 15) is 13.2 Å². The predicted octanol–water partition coefficient (Wildman–Crippen LogP) is 2.43. The third kappa shape index (κ3) is 4.05. The lowest BCUT2D eigenvalue weighted by Gasteiger charge is -2.30. The second-order valence-electron chi connectivity index (χ2n) is 6.23. The van der Waals surface area contributed by atoms with E-state index >= 15 is 0 Å². The minimum atomic E-state index is -3.54. The van der Waals surface area contributed by atoms with Gasteiger partial charge in [0.2, 0.25) is 15.9 Å². The number of piperidine rings is 1. The zero-order valence-electron chi connectivity index (χ0n) is 14.1. The zero-order valence-corrected chi connectivity index (χ0v) is 14.9. The van der Waals surface area contributed by atoms with Gasteiger partial charge < -0.3 is 5.32 Å². The van der Waals surface area contributed by atoms with Gasteiger partial charge in [0.1, 0.15) is 4.90 Å². The molecular weight excluding hydrogens is 338 g/mol. The quantitative estimate of drug-likeness (QED) is 0.909. The van der Waals surface area contributed by atoms with Gasteiger partial charge in [-0.3, -0.25) is 9.78 Å². The van der Waals surface area contributed by atoms with E-state index in [0.717, 1.165) is 11.3 Å². The normalized spacial score (nSPS) is 16.5. The number of nitrogens with zero attached hydrogens (tertiary/aromatic N) is 2. The van der Waals surface area contributed by atoms with Crippen molar-refractivity contribution < 1.29 is 13.2 Å². The molecule has 0 radical (unpaired) electrons. The van der Waals surface area contributed by atoms with Crippen LogP contribution in [0.5, 0.6) is 0 Å². The van der Waals surface area contributed by atoms with Gasteiger partial charge in [-0.2, -0.15) is 4.31 Å². The van der Waals surface area contributed by atoms with Gasteiger partial charge in [-0.1, -0.05) is 12.1 Å². The van der Waals surface area contributed by atoms with Gasteiger partial charge in [0.25, 0.3) is 0 Å². The number of anilines is 1. The number of aromatic nitrogens is 1. The van der Waals surface area contributed by atoms with Crippen molar-refractivity contribution in [1.29, 1.82) is 0 Å². The van der Waals surface area contributed by atoms with Crippen LogP contribution in [-0.4, -0.2) is 36.7 Å². The van der Waals surface area contributed by atoms with Crippen LogP contribution in [0.2, 0.25) is 0 Å². The Hall–Kier alpha value is -2.25. The maximum atomic E-state index is 12.6. The van der Waals surface area contributed by atoms with Crippen LogP contribution in [0, 0.1) is 12.8 Å². The van der Waals surface area contributed by atoms with Crippen molar-refractivity contribution >= 4 is 21.6 Å². The van der Waals surface area contributed by atoms with Gasteiger partial charge in [0.15, 0.2) is 0 Å². The molecule has 1 aromatic heterocycles. The molecule has 0 spiro atoms. The largest absolute Gasteiger partial charge is 0.326 e.